The molecular formula is C42H88N2Na2O12S2. The average Bonchev–Trinajstić information content (AvgIpc) is 3.13. The summed E-state index contributed by atoms with van der Waals surface area (Å²) in [6.07, 6.45) is 21.5. The fourth-order valence-corrected chi connectivity index (χ4v) is 9.15. The Balaban J connectivity index is 0. The first kappa shape index (κ1) is 63.6. The van der Waals surface area contributed by atoms with Gasteiger partial charge in [-0.2, -0.15) is 16.8 Å². The van der Waals surface area contributed by atoms with Crippen LogP contribution >= 0.6 is 0 Å². The molecule has 1 aliphatic rings. The van der Waals surface area contributed by atoms with E-state index in [0.29, 0.717) is 13.1 Å². The quantitative estimate of drug-likeness (QED) is 0.0280. The van der Waals surface area contributed by atoms with Crippen molar-refractivity contribution in [3.05, 3.63) is 0 Å². The van der Waals surface area contributed by atoms with E-state index >= 15 is 0 Å². The standard InChI is InChI=1S/C42H86N2O12S2.2Na.2H/c1-3-5-7-9-11-13-15-17-19-23-27-43(31-39(47)35-57(49,50)51)29-37(45)33-55-41-25-21-22-26-42(41)56-34-38(46)30-44(32-40(48)36-58(52,53)54)28-24-20-18-16-14-12-10-8-6-4-2;;;;/h37-42,45-48H,3-36H2,1-2H3,(H,49,50,51)(H,52,53,54);;;;. The fraction of sp³-hybridized carbons (Fsp3) is 1.00. The topological polar surface area (TPSA) is 215 Å². The van der Waals surface area contributed by atoms with Crippen LogP contribution < -0.4 is 0 Å². The Bertz CT molecular complexity index is 1110. The maximum absolute atomic E-state index is 11.4. The first-order chi connectivity index (χ1) is 27.6. The van der Waals surface area contributed by atoms with Crippen LogP contribution in [0.15, 0.2) is 0 Å². The van der Waals surface area contributed by atoms with E-state index in [4.69, 9.17) is 9.47 Å². The van der Waals surface area contributed by atoms with Gasteiger partial charge in [0.05, 0.1) is 49.8 Å². The number of ether oxygens (including phenoxy) is 2. The normalized spacial score (nSPS) is 18.2. The van der Waals surface area contributed by atoms with Crippen molar-refractivity contribution >= 4 is 79.4 Å². The van der Waals surface area contributed by atoms with Gasteiger partial charge < -0.3 is 29.9 Å². The molecule has 6 N–H and O–H groups in total. The molecule has 0 bridgehead atoms. The molecule has 6 unspecified atom stereocenters. The molecule has 0 saturated heterocycles. The van der Waals surface area contributed by atoms with Crippen LogP contribution in [-0.4, -0.2) is 216 Å². The van der Waals surface area contributed by atoms with Gasteiger partial charge in [0.1, 0.15) is 11.5 Å². The van der Waals surface area contributed by atoms with Crippen LogP contribution in [0.5, 0.6) is 0 Å². The Morgan fingerprint density at radius 2 is 0.733 bits per heavy atom. The molecule has 352 valence electrons. The molecule has 0 amide bonds. The second-order valence-electron chi connectivity index (χ2n) is 17.0. The minimum atomic E-state index is -4.36. The third kappa shape index (κ3) is 38.7. The summed E-state index contributed by atoms with van der Waals surface area (Å²) in [6.45, 7) is 5.87. The van der Waals surface area contributed by atoms with E-state index in [1.54, 1.807) is 0 Å². The van der Waals surface area contributed by atoms with Crippen molar-refractivity contribution < 1.29 is 55.8 Å². The molecule has 6 atom stereocenters. The van der Waals surface area contributed by atoms with Crippen LogP contribution in [-0.2, 0) is 29.7 Å². The Hall–Kier alpha value is 1.50. The molecule has 0 aromatic heterocycles. The number of nitrogens with zero attached hydrogens (tertiary/aromatic N) is 2. The van der Waals surface area contributed by atoms with Crippen molar-refractivity contribution in [1.82, 2.24) is 9.80 Å². The van der Waals surface area contributed by atoms with Gasteiger partial charge in [-0.3, -0.25) is 18.9 Å². The summed E-state index contributed by atoms with van der Waals surface area (Å²) in [5.74, 6) is -1.55. The van der Waals surface area contributed by atoms with Gasteiger partial charge in [-0.1, -0.05) is 142 Å². The van der Waals surface area contributed by atoms with Crippen LogP contribution in [0.4, 0.5) is 0 Å². The van der Waals surface area contributed by atoms with Gasteiger partial charge in [0, 0.05) is 26.2 Å². The number of aliphatic hydroxyl groups excluding tert-OH is 4. The van der Waals surface area contributed by atoms with E-state index in [2.05, 4.69) is 13.8 Å². The zero-order valence-corrected chi connectivity index (χ0v) is 38.0. The molecule has 0 spiro atoms. The SMILES string of the molecule is CCCCCCCCCCCCN(CC(O)COC1CCCCC1OCC(O)CN(CCCCCCCCCCCC)CC(O)CS(=O)(=O)O)CC(O)CS(=O)(=O)O.[NaH].[NaH]. The van der Waals surface area contributed by atoms with Gasteiger partial charge in [-0.15, -0.1) is 0 Å². The molecule has 0 radical (unpaired) electrons. The van der Waals surface area contributed by atoms with Crippen molar-refractivity contribution in [1.29, 1.82) is 0 Å². The summed E-state index contributed by atoms with van der Waals surface area (Å²) in [7, 11) is -8.71. The third-order valence-corrected chi connectivity index (χ3v) is 12.6. The Kier molecular flexibility index (Phi) is 42.0. The fourth-order valence-electron chi connectivity index (χ4n) is 7.96. The molecular weight excluding hydrogens is 835 g/mol. The van der Waals surface area contributed by atoms with Gasteiger partial charge in [-0.25, -0.2) is 0 Å². The van der Waals surface area contributed by atoms with Crippen molar-refractivity contribution in [3.63, 3.8) is 0 Å². The molecule has 18 heteroatoms. The van der Waals surface area contributed by atoms with Gasteiger partial charge in [0.2, 0.25) is 0 Å². The van der Waals surface area contributed by atoms with Gasteiger partial charge in [-0.05, 0) is 38.8 Å². The molecule has 0 aliphatic heterocycles. The Labute approximate surface area is 410 Å². The van der Waals surface area contributed by atoms with Crippen LogP contribution in [0.2, 0.25) is 0 Å². The summed E-state index contributed by atoms with van der Waals surface area (Å²) in [5.41, 5.74) is 0. The minimum absolute atomic E-state index is 0. The number of aliphatic hydroxyl groups is 4. The summed E-state index contributed by atoms with van der Waals surface area (Å²) in [6, 6.07) is 0. The van der Waals surface area contributed by atoms with Crippen molar-refractivity contribution in [2.45, 2.75) is 205 Å². The second kappa shape index (κ2) is 39.6. The number of hydrogen-bond donors (Lipinski definition) is 6. The van der Waals surface area contributed by atoms with Crippen molar-refractivity contribution in [2.24, 2.45) is 0 Å². The van der Waals surface area contributed by atoms with Crippen LogP contribution in [0.25, 0.3) is 0 Å². The first-order valence-electron chi connectivity index (χ1n) is 22.9. The third-order valence-electron chi connectivity index (χ3n) is 11.0. The second-order valence-corrected chi connectivity index (χ2v) is 20.0. The van der Waals surface area contributed by atoms with Gasteiger partial charge in [0.25, 0.3) is 20.2 Å². The molecule has 1 fully saturated rings. The summed E-state index contributed by atoms with van der Waals surface area (Å²) >= 11 is 0. The van der Waals surface area contributed by atoms with E-state index in [0.717, 1.165) is 77.0 Å². The molecule has 60 heavy (non-hydrogen) atoms. The van der Waals surface area contributed by atoms with Crippen LogP contribution in [0, 0.1) is 0 Å². The molecule has 0 heterocycles. The number of hydrogen-bond acceptors (Lipinski definition) is 12. The molecule has 0 aromatic carbocycles. The van der Waals surface area contributed by atoms with E-state index in [9.17, 15) is 46.4 Å². The summed E-state index contributed by atoms with van der Waals surface area (Å²) < 4.78 is 76.4. The Morgan fingerprint density at radius 1 is 0.467 bits per heavy atom. The molecule has 0 aromatic rings. The molecule has 1 rings (SSSR count). The average molecular weight is 923 g/mol. The Morgan fingerprint density at radius 3 is 1.02 bits per heavy atom. The summed E-state index contributed by atoms with van der Waals surface area (Å²) in [4.78, 5) is 3.65. The van der Waals surface area contributed by atoms with E-state index in [-0.39, 0.29) is 111 Å². The molecule has 14 nitrogen and oxygen atoms in total. The van der Waals surface area contributed by atoms with Crippen molar-refractivity contribution in [2.75, 3.05) is 64.0 Å². The van der Waals surface area contributed by atoms with E-state index < -0.39 is 56.2 Å². The van der Waals surface area contributed by atoms with E-state index in [1.807, 2.05) is 9.80 Å². The maximum atomic E-state index is 11.4. The first-order valence-corrected chi connectivity index (χ1v) is 26.1. The zero-order chi connectivity index (χ0) is 43.1. The molecule has 1 aliphatic carbocycles. The molecule has 1 saturated carbocycles. The van der Waals surface area contributed by atoms with Gasteiger partial charge in [0.15, 0.2) is 0 Å². The van der Waals surface area contributed by atoms with Crippen LogP contribution in [0.1, 0.15) is 168 Å². The number of rotatable bonds is 40. The predicted molar refractivity (Wildman–Crippen MR) is 246 cm³/mol. The number of unbranched alkanes of at least 4 members (excludes halogenated alkanes) is 18. The monoisotopic (exact) mass is 923 g/mol. The van der Waals surface area contributed by atoms with Crippen LogP contribution in [0.3, 0.4) is 0 Å². The van der Waals surface area contributed by atoms with Gasteiger partial charge >= 0.3 is 59.1 Å². The predicted octanol–water partition coefficient (Wildman–Crippen LogP) is 4.70. The summed E-state index contributed by atoms with van der Waals surface area (Å²) in [5, 5.41) is 42.7. The van der Waals surface area contributed by atoms with Crippen molar-refractivity contribution in [3.8, 4) is 0 Å². The zero-order valence-electron chi connectivity index (χ0n) is 36.3. The van der Waals surface area contributed by atoms with E-state index in [1.165, 1.54) is 77.0 Å².